The van der Waals surface area contributed by atoms with Crippen LogP contribution < -0.4 is 5.32 Å². The summed E-state index contributed by atoms with van der Waals surface area (Å²) in [5, 5.41) is 12.1. The van der Waals surface area contributed by atoms with Crippen molar-refractivity contribution >= 4 is 11.7 Å². The number of carbonyl (C=O) groups is 2. The zero-order chi connectivity index (χ0) is 16.1. The van der Waals surface area contributed by atoms with Gasteiger partial charge in [0, 0.05) is 11.6 Å². The highest BCUT2D eigenvalue weighted by atomic mass is 16.2. The maximum Gasteiger partial charge on any atom is 0.245 e. The smallest absolute Gasteiger partial charge is 0.245 e. The van der Waals surface area contributed by atoms with Gasteiger partial charge in [0.05, 0.1) is 6.07 Å². The lowest BCUT2D eigenvalue weighted by Gasteiger charge is -2.23. The fraction of sp³-hybridized carbons (Fsp3) is 0.500. The number of hydrogen-bond acceptors (Lipinski definition) is 3. The molecule has 0 spiro atoms. The summed E-state index contributed by atoms with van der Waals surface area (Å²) in [6, 6.07) is 7.24. The van der Waals surface area contributed by atoms with Crippen LogP contribution in [0, 0.1) is 31.1 Å². The number of carbonyl (C=O) groups excluding carboxylic acids is 2. The number of rotatable bonds is 4. The third-order valence-corrected chi connectivity index (χ3v) is 4.40. The largest absolute Gasteiger partial charge is 0.352 e. The van der Waals surface area contributed by atoms with Crippen LogP contribution in [0.3, 0.4) is 0 Å². The van der Waals surface area contributed by atoms with Crippen molar-refractivity contribution in [3.05, 3.63) is 34.9 Å². The van der Waals surface area contributed by atoms with Crippen LogP contribution >= 0.6 is 0 Å². The molecule has 1 N–H and O–H groups in total. The van der Waals surface area contributed by atoms with E-state index >= 15 is 0 Å². The highest BCUT2D eigenvalue weighted by molar-refractivity contribution is 6.12. The maximum absolute atomic E-state index is 12.4. The van der Waals surface area contributed by atoms with Gasteiger partial charge >= 0.3 is 0 Å². The Morgan fingerprint density at radius 3 is 2.45 bits per heavy atom. The number of aryl methyl sites for hydroxylation is 2. The molecule has 1 amide bonds. The normalized spacial score (nSPS) is 16.6. The summed E-state index contributed by atoms with van der Waals surface area (Å²) in [6.07, 6.45) is 5.24. The molecule has 0 aromatic heterocycles. The number of nitriles is 1. The first-order chi connectivity index (χ1) is 10.5. The lowest BCUT2D eigenvalue weighted by Crippen LogP contribution is -2.42. The molecule has 0 aliphatic heterocycles. The van der Waals surface area contributed by atoms with Crippen molar-refractivity contribution < 1.29 is 9.59 Å². The molecule has 0 heterocycles. The lowest BCUT2D eigenvalue weighted by atomic mass is 9.92. The summed E-state index contributed by atoms with van der Waals surface area (Å²) in [5.74, 6) is -2.14. The monoisotopic (exact) mass is 298 g/mol. The molecule has 1 aliphatic carbocycles. The van der Waals surface area contributed by atoms with Gasteiger partial charge in [-0.1, -0.05) is 31.4 Å². The molecule has 1 unspecified atom stereocenters. The van der Waals surface area contributed by atoms with Gasteiger partial charge in [0.15, 0.2) is 11.7 Å². The molecule has 1 aromatic carbocycles. The molecule has 0 radical (unpaired) electrons. The Kier molecular flexibility index (Phi) is 5.32. The first-order valence-electron chi connectivity index (χ1n) is 7.84. The molecule has 22 heavy (non-hydrogen) atoms. The molecule has 0 bridgehead atoms. The average molecular weight is 298 g/mol. The summed E-state index contributed by atoms with van der Waals surface area (Å²) < 4.78 is 0. The number of nitrogens with one attached hydrogen (secondary N) is 1. The van der Waals surface area contributed by atoms with E-state index in [1.807, 2.05) is 26.0 Å². The molecule has 1 fully saturated rings. The van der Waals surface area contributed by atoms with E-state index in [0.29, 0.717) is 5.56 Å². The summed E-state index contributed by atoms with van der Waals surface area (Å²) in [5.41, 5.74) is 2.49. The van der Waals surface area contributed by atoms with Crippen molar-refractivity contribution in [2.24, 2.45) is 5.92 Å². The van der Waals surface area contributed by atoms with Gasteiger partial charge in [0.2, 0.25) is 5.91 Å². The Morgan fingerprint density at radius 2 is 1.86 bits per heavy atom. The maximum atomic E-state index is 12.4. The fourth-order valence-corrected chi connectivity index (χ4v) is 2.83. The molecule has 1 aromatic rings. The third-order valence-electron chi connectivity index (χ3n) is 4.40. The predicted molar refractivity (Wildman–Crippen MR) is 84.4 cm³/mol. The van der Waals surface area contributed by atoms with E-state index < -0.39 is 17.6 Å². The van der Waals surface area contributed by atoms with Crippen molar-refractivity contribution in [3.8, 4) is 6.07 Å². The second-order valence-electron chi connectivity index (χ2n) is 6.07. The minimum atomic E-state index is -1.26. The highest BCUT2D eigenvalue weighted by Crippen LogP contribution is 2.19. The Morgan fingerprint density at radius 1 is 1.18 bits per heavy atom. The van der Waals surface area contributed by atoms with Gasteiger partial charge in [-0.25, -0.2) is 0 Å². The molecule has 0 saturated heterocycles. The number of benzene rings is 1. The van der Waals surface area contributed by atoms with E-state index in [1.165, 1.54) is 6.42 Å². The zero-order valence-electron chi connectivity index (χ0n) is 13.2. The second-order valence-corrected chi connectivity index (χ2v) is 6.07. The topological polar surface area (TPSA) is 70.0 Å². The standard InChI is InChI=1S/C18H22N2O2/c1-12-8-9-14(10-13(12)2)17(21)16(11-19)18(22)20-15-6-4-3-5-7-15/h8-10,15-16H,3-7H2,1-2H3,(H,20,22). The average Bonchev–Trinajstić information content (AvgIpc) is 2.51. The molecule has 4 heteroatoms. The van der Waals surface area contributed by atoms with Crippen LogP contribution in [0.4, 0.5) is 0 Å². The van der Waals surface area contributed by atoms with Crippen LogP contribution in [0.2, 0.25) is 0 Å². The van der Waals surface area contributed by atoms with E-state index in [0.717, 1.165) is 36.8 Å². The van der Waals surface area contributed by atoms with Gasteiger partial charge in [-0.15, -0.1) is 0 Å². The molecule has 1 atom stereocenters. The third kappa shape index (κ3) is 3.73. The van der Waals surface area contributed by atoms with Crippen molar-refractivity contribution in [1.29, 1.82) is 5.26 Å². The van der Waals surface area contributed by atoms with Crippen LogP contribution in [0.5, 0.6) is 0 Å². The molecular formula is C18H22N2O2. The summed E-state index contributed by atoms with van der Waals surface area (Å²) in [4.78, 5) is 24.7. The molecule has 116 valence electrons. The highest BCUT2D eigenvalue weighted by Gasteiger charge is 2.29. The predicted octanol–water partition coefficient (Wildman–Crippen LogP) is 3.07. The molecule has 1 aliphatic rings. The number of hydrogen-bond donors (Lipinski definition) is 1. The molecule has 2 rings (SSSR count). The Labute approximate surface area is 131 Å². The molecular weight excluding hydrogens is 276 g/mol. The van der Waals surface area contributed by atoms with E-state index in [4.69, 9.17) is 0 Å². The summed E-state index contributed by atoms with van der Waals surface area (Å²) in [6.45, 7) is 3.87. The second kappa shape index (κ2) is 7.22. The molecule has 1 saturated carbocycles. The lowest BCUT2D eigenvalue weighted by molar-refractivity contribution is -0.123. The van der Waals surface area contributed by atoms with Crippen LogP contribution in [-0.4, -0.2) is 17.7 Å². The van der Waals surface area contributed by atoms with Crippen LogP contribution in [-0.2, 0) is 4.79 Å². The quantitative estimate of drug-likeness (QED) is 0.686. The van der Waals surface area contributed by atoms with E-state index in [2.05, 4.69) is 5.32 Å². The van der Waals surface area contributed by atoms with Gasteiger partial charge in [-0.2, -0.15) is 5.26 Å². The number of nitrogens with zero attached hydrogens (tertiary/aromatic N) is 1. The Balaban J connectivity index is 2.09. The number of ketones is 1. The van der Waals surface area contributed by atoms with Gasteiger partial charge in [-0.05, 0) is 43.9 Å². The summed E-state index contributed by atoms with van der Waals surface area (Å²) in [7, 11) is 0. The number of amides is 1. The first kappa shape index (κ1) is 16.2. The Bertz CT molecular complexity index is 610. The summed E-state index contributed by atoms with van der Waals surface area (Å²) >= 11 is 0. The van der Waals surface area contributed by atoms with Gasteiger partial charge in [-0.3, -0.25) is 9.59 Å². The van der Waals surface area contributed by atoms with Crippen molar-refractivity contribution in [2.45, 2.75) is 52.0 Å². The van der Waals surface area contributed by atoms with Gasteiger partial charge in [0.1, 0.15) is 0 Å². The minimum absolute atomic E-state index is 0.102. The van der Waals surface area contributed by atoms with Crippen molar-refractivity contribution in [3.63, 3.8) is 0 Å². The van der Waals surface area contributed by atoms with Gasteiger partial charge < -0.3 is 5.32 Å². The van der Waals surface area contributed by atoms with E-state index in [1.54, 1.807) is 12.1 Å². The molecule has 4 nitrogen and oxygen atoms in total. The van der Waals surface area contributed by atoms with Crippen LogP contribution in [0.25, 0.3) is 0 Å². The Hall–Kier alpha value is -2.15. The van der Waals surface area contributed by atoms with Crippen molar-refractivity contribution in [1.82, 2.24) is 5.32 Å². The zero-order valence-corrected chi connectivity index (χ0v) is 13.2. The van der Waals surface area contributed by atoms with Crippen LogP contribution in [0.15, 0.2) is 18.2 Å². The fourth-order valence-electron chi connectivity index (χ4n) is 2.83. The van der Waals surface area contributed by atoms with E-state index in [-0.39, 0.29) is 6.04 Å². The van der Waals surface area contributed by atoms with E-state index in [9.17, 15) is 14.9 Å². The van der Waals surface area contributed by atoms with Crippen molar-refractivity contribution in [2.75, 3.05) is 0 Å². The first-order valence-corrected chi connectivity index (χ1v) is 7.84. The minimum Gasteiger partial charge on any atom is -0.352 e. The van der Waals surface area contributed by atoms with Gasteiger partial charge in [0.25, 0.3) is 0 Å². The van der Waals surface area contributed by atoms with Crippen LogP contribution in [0.1, 0.15) is 53.6 Å². The number of Topliss-reactive ketones (excluding diaryl/α,β-unsaturated/α-hetero) is 1. The SMILES string of the molecule is Cc1ccc(C(=O)C(C#N)C(=O)NC2CCCCC2)cc1C.